The molecule has 0 fully saturated rings. The highest BCUT2D eigenvalue weighted by atomic mass is 14.4. The zero-order chi connectivity index (χ0) is 98.1. The number of hydrogen-bond donors (Lipinski definition) is 0. The Morgan fingerprint density at radius 3 is 0.771 bits per heavy atom. The third-order valence-corrected chi connectivity index (χ3v) is 33.6. The van der Waals surface area contributed by atoms with E-state index in [0.717, 1.165) is 0 Å². The van der Waals surface area contributed by atoms with Crippen molar-refractivity contribution >= 4 is 259 Å². The third kappa shape index (κ3) is 12.6. The van der Waals surface area contributed by atoms with Crippen LogP contribution in [0.1, 0.15) is 158 Å². The second-order valence-electron chi connectivity index (χ2n) is 48.5. The molecule has 0 aliphatic rings. The highest BCUT2D eigenvalue weighted by molar-refractivity contribution is 6.45. The molecule has 0 heteroatoms. The van der Waals surface area contributed by atoms with E-state index in [-0.39, 0.29) is 32.5 Å². The van der Waals surface area contributed by atoms with Crippen molar-refractivity contribution in [3.63, 3.8) is 0 Å². The van der Waals surface area contributed by atoms with Gasteiger partial charge in [0, 0.05) is 0 Å². The van der Waals surface area contributed by atoms with Gasteiger partial charge in [-0.25, -0.2) is 0 Å². The molecule has 0 aromatic heterocycles. The van der Waals surface area contributed by atoms with Crippen LogP contribution in [0.25, 0.3) is 292 Å². The summed E-state index contributed by atoms with van der Waals surface area (Å²) in [5.74, 6) is 0. The van der Waals surface area contributed by atoms with E-state index in [0.29, 0.717) is 0 Å². The molecule has 0 aliphatic carbocycles. The molecule has 144 heavy (non-hydrogen) atoms. The van der Waals surface area contributed by atoms with Crippen molar-refractivity contribution in [2.45, 2.75) is 157 Å². The zero-order valence-electron chi connectivity index (χ0n) is 85.6. The molecule has 690 valence electrons. The first-order chi connectivity index (χ1) is 69.2. The van der Waals surface area contributed by atoms with Gasteiger partial charge >= 0.3 is 0 Å². The molecule has 0 saturated carbocycles. The predicted molar refractivity (Wildman–Crippen MR) is 635 cm³/mol. The summed E-state index contributed by atoms with van der Waals surface area (Å²) in [6.45, 7) is 42.1. The lowest BCUT2D eigenvalue weighted by Gasteiger charge is -2.27. The van der Waals surface area contributed by atoms with Gasteiger partial charge in [0.2, 0.25) is 0 Å². The molecule has 30 aromatic rings. The summed E-state index contributed by atoms with van der Waals surface area (Å²) >= 11 is 0. The Balaban J connectivity index is 0.000000105. The maximum absolute atomic E-state index is 2.52. The summed E-state index contributed by atoms with van der Waals surface area (Å²) in [5.41, 5.74) is 16.4. The largest absolute Gasteiger partial charge is 0.0616 e. The smallest absolute Gasteiger partial charge is 0.00137 e. The summed E-state index contributed by atoms with van der Waals surface area (Å²) in [7, 11) is 0. The van der Waals surface area contributed by atoms with Gasteiger partial charge in [0.1, 0.15) is 0 Å². The van der Waals surface area contributed by atoms with E-state index in [2.05, 4.69) is 489 Å². The number of rotatable bonds is 3. The maximum atomic E-state index is 2.52. The molecule has 0 radical (unpaired) electrons. The molecule has 0 N–H and O–H groups in total. The van der Waals surface area contributed by atoms with E-state index in [4.69, 9.17) is 0 Å². The molecule has 0 spiro atoms. The Kier molecular flexibility index (Phi) is 18.0. The first-order valence-electron chi connectivity index (χ1n) is 52.1. The van der Waals surface area contributed by atoms with Gasteiger partial charge in [-0.3, -0.25) is 0 Å². The average molecular weight is 1840 g/mol. The monoisotopic (exact) mass is 1840 g/mol. The molecule has 0 unspecified atom stereocenters. The quantitative estimate of drug-likeness (QED) is 0.155. The second-order valence-corrected chi connectivity index (χ2v) is 48.5. The van der Waals surface area contributed by atoms with Gasteiger partial charge in [0.15, 0.2) is 0 Å². The van der Waals surface area contributed by atoms with Crippen molar-refractivity contribution in [1.29, 1.82) is 0 Å². The van der Waals surface area contributed by atoms with Crippen LogP contribution >= 0.6 is 0 Å². The topological polar surface area (TPSA) is 0 Å². The van der Waals surface area contributed by atoms with Crippen LogP contribution in [0.2, 0.25) is 0 Å². The lowest BCUT2D eigenvalue weighted by atomic mass is 9.78. The fraction of sp³-hybridized carbons (Fsp3) is 0.167. The van der Waals surface area contributed by atoms with E-state index < -0.39 is 0 Å². The minimum Gasteiger partial charge on any atom is -0.0616 e. The summed E-state index contributed by atoms with van der Waals surface area (Å²) in [6.07, 6.45) is 0. The van der Waals surface area contributed by atoms with Crippen molar-refractivity contribution in [2.24, 2.45) is 0 Å². The van der Waals surface area contributed by atoms with Crippen molar-refractivity contribution in [3.8, 4) is 33.4 Å². The number of benzene rings is 24. The van der Waals surface area contributed by atoms with Crippen molar-refractivity contribution in [1.82, 2.24) is 0 Å². The predicted octanol–water partition coefficient (Wildman–Crippen LogP) is 42.1. The number of fused-ring (bicyclic) bond motifs is 30. The summed E-state index contributed by atoms with van der Waals surface area (Å²) in [4.78, 5) is 0. The minimum atomic E-state index is 0.0214. The van der Waals surface area contributed by atoms with Crippen LogP contribution in [0, 0.1) is 0 Å². The van der Waals surface area contributed by atoms with Crippen LogP contribution in [0.3, 0.4) is 0 Å². The normalized spacial score (nSPS) is 13.2. The molecule has 0 amide bonds. The number of hydrogen-bond acceptors (Lipinski definition) is 0. The van der Waals surface area contributed by atoms with Gasteiger partial charge in [-0.2, -0.15) is 0 Å². The Bertz CT molecular complexity index is 10600. The van der Waals surface area contributed by atoms with Crippen molar-refractivity contribution < 1.29 is 0 Å². The summed E-state index contributed by atoms with van der Waals surface area (Å²) in [6, 6.07) is 140. The molecular formula is C144H114. The van der Waals surface area contributed by atoms with Crippen molar-refractivity contribution in [3.05, 3.63) is 397 Å². The maximum Gasteiger partial charge on any atom is -0.00137 e. The lowest BCUT2D eigenvalue weighted by molar-refractivity contribution is 0.568. The highest BCUT2D eigenvalue weighted by Gasteiger charge is 2.32. The minimum absolute atomic E-state index is 0.0214. The van der Waals surface area contributed by atoms with Crippen LogP contribution in [0.15, 0.2) is 364 Å². The van der Waals surface area contributed by atoms with Crippen LogP contribution in [0.5, 0.6) is 0 Å². The molecular weight excluding hydrogens is 1730 g/mol. The average Bonchev–Trinajstić information content (AvgIpc) is 1.52. The van der Waals surface area contributed by atoms with Gasteiger partial charge in [-0.15, -0.1) is 0 Å². The third-order valence-electron chi connectivity index (χ3n) is 33.6. The Labute approximate surface area is 840 Å². The summed E-state index contributed by atoms with van der Waals surface area (Å²) < 4.78 is 0. The van der Waals surface area contributed by atoms with Crippen LogP contribution in [-0.2, 0) is 32.5 Å². The fourth-order valence-corrected chi connectivity index (χ4v) is 26.1. The van der Waals surface area contributed by atoms with Gasteiger partial charge in [0.25, 0.3) is 0 Å². The SMILES string of the molecule is CC(C)(C)c1cc(-c2c3ccc4c(cc5c6ccccc6c6cccc4c65)c3cc3c4cccc5cccc(c23)c54)cc(C(C)(C)C)c1.CC(C)(C)c1cc(-c2cc3c(cc4c5ccccc5c5cccc3c54)c3cc4c(cc23)c2cccc3cccc4c32)cc(C(C)(C)C)c1.CC(C)(C)c1cc(-c2ccc3c4ccccc4c4cc5c6cc7c(cc6ccc5c2c34)c2cccc3cccc7c32)cc(C(C)(C)C)c1. The Morgan fingerprint density at radius 2 is 0.347 bits per heavy atom. The summed E-state index contributed by atoms with van der Waals surface area (Å²) in [5, 5.41) is 64.6. The Hall–Kier alpha value is -15.6. The van der Waals surface area contributed by atoms with Gasteiger partial charge in [-0.05, 0) is 412 Å². The molecule has 0 saturated heterocycles. The second kappa shape index (κ2) is 30.0. The van der Waals surface area contributed by atoms with Gasteiger partial charge in [-0.1, -0.05) is 434 Å². The van der Waals surface area contributed by atoms with E-state index in [1.165, 1.54) is 325 Å². The fourth-order valence-electron chi connectivity index (χ4n) is 26.1. The van der Waals surface area contributed by atoms with E-state index in [9.17, 15) is 0 Å². The molecule has 30 aromatic carbocycles. The van der Waals surface area contributed by atoms with E-state index in [1.807, 2.05) is 0 Å². The van der Waals surface area contributed by atoms with Gasteiger partial charge in [0.05, 0.1) is 0 Å². The van der Waals surface area contributed by atoms with E-state index in [1.54, 1.807) is 0 Å². The molecule has 0 atom stereocenters. The molecule has 0 bridgehead atoms. The lowest BCUT2D eigenvalue weighted by Crippen LogP contribution is -2.16. The molecule has 30 rings (SSSR count). The molecule has 0 heterocycles. The Morgan fingerprint density at radius 1 is 0.111 bits per heavy atom. The first kappa shape index (κ1) is 86.3. The highest BCUT2D eigenvalue weighted by Crippen LogP contribution is 2.57. The molecule has 0 aliphatic heterocycles. The van der Waals surface area contributed by atoms with Crippen LogP contribution in [0.4, 0.5) is 0 Å². The van der Waals surface area contributed by atoms with Gasteiger partial charge < -0.3 is 0 Å². The van der Waals surface area contributed by atoms with Crippen LogP contribution < -0.4 is 0 Å². The first-order valence-corrected chi connectivity index (χ1v) is 52.1. The van der Waals surface area contributed by atoms with E-state index >= 15 is 0 Å². The standard InChI is InChI=1S/3C48H38/c1-47(2,3)29-22-28(23-30(24-29)48(4,5)6)44-37-21-20-33-35-18-11-17-34-31-14-7-8-15-32(31)41(45(34)35)25-39(33)40(37)26-42-36-16-9-12-27-13-10-19-38(43(27)36)46(42)44;1-47(2,3)29-20-28(21-30(22-29)48(4,5)6)37-23-38-36-19-11-18-33-31-14-7-8-15-32(31)44(46(33)36)26-43(38)42-25-40-35-17-10-13-27-12-9-16-34(45(27)35)39(40)24-41(37)42;1-47(2,3)30-21-29(22-31(24-30)48(4,5)6)32-19-20-37-33-13-7-8-14-34(33)43-26-41-38(45(32)46(37)43)18-17-28-23-40-35-15-9-11-27-12-10-16-36(44(27)35)42(40)25-39(28)41/h3*7-26H,1-6H3. The molecule has 0 nitrogen and oxygen atoms in total. The zero-order valence-corrected chi connectivity index (χ0v) is 85.6. The van der Waals surface area contributed by atoms with Crippen LogP contribution in [-0.4, -0.2) is 0 Å². The van der Waals surface area contributed by atoms with Crippen molar-refractivity contribution in [2.75, 3.05) is 0 Å².